The zero-order valence-corrected chi connectivity index (χ0v) is 10.4. The summed E-state index contributed by atoms with van der Waals surface area (Å²) in [5.41, 5.74) is 7.00. The topological polar surface area (TPSA) is 97.3 Å². The molecule has 3 N–H and O–H groups in total. The molecule has 0 fully saturated rings. The zero-order chi connectivity index (χ0) is 13.0. The van der Waals surface area contributed by atoms with Gasteiger partial charge in [0.25, 0.3) is 0 Å². The fourth-order valence-corrected chi connectivity index (χ4v) is 2.15. The lowest BCUT2D eigenvalue weighted by Gasteiger charge is -2.05. The van der Waals surface area contributed by atoms with E-state index in [-0.39, 0.29) is 5.84 Å². The second-order valence-corrected chi connectivity index (χ2v) is 4.38. The smallest absolute Gasteiger partial charge is 0.194 e. The van der Waals surface area contributed by atoms with Crippen LogP contribution in [0.3, 0.4) is 0 Å². The average Bonchev–Trinajstić information content (AvgIpc) is 2.38. The number of amidine groups is 1. The second kappa shape index (κ2) is 5.46. The molecule has 0 radical (unpaired) electrons. The Morgan fingerprint density at radius 1 is 1.33 bits per heavy atom. The summed E-state index contributed by atoms with van der Waals surface area (Å²) in [6.45, 7) is 1.88. The molecule has 0 aromatic carbocycles. The van der Waals surface area contributed by atoms with E-state index in [1.165, 1.54) is 11.8 Å². The molecule has 2 rings (SSSR count). The van der Waals surface area contributed by atoms with Crippen LogP contribution >= 0.6 is 11.8 Å². The Morgan fingerprint density at radius 3 is 2.89 bits per heavy atom. The zero-order valence-electron chi connectivity index (χ0n) is 9.61. The molecular formula is C11H11N5OS. The number of aryl methyl sites for hydroxylation is 1. The Kier molecular flexibility index (Phi) is 3.73. The largest absolute Gasteiger partial charge is 0.409 e. The first-order chi connectivity index (χ1) is 8.70. The van der Waals surface area contributed by atoms with Gasteiger partial charge in [-0.2, -0.15) is 0 Å². The molecule has 0 amide bonds. The maximum atomic E-state index is 8.72. The number of pyridine rings is 1. The van der Waals surface area contributed by atoms with Crippen LogP contribution in [-0.4, -0.2) is 26.0 Å². The molecule has 0 aliphatic carbocycles. The lowest BCUT2D eigenvalue weighted by molar-refractivity contribution is 0.318. The van der Waals surface area contributed by atoms with Gasteiger partial charge < -0.3 is 10.9 Å². The van der Waals surface area contributed by atoms with Gasteiger partial charge in [-0.25, -0.2) is 15.0 Å². The molecule has 2 aromatic rings. The highest BCUT2D eigenvalue weighted by atomic mass is 32.2. The lowest BCUT2D eigenvalue weighted by atomic mass is 10.3. The maximum Gasteiger partial charge on any atom is 0.194 e. The van der Waals surface area contributed by atoms with Crippen molar-refractivity contribution in [2.45, 2.75) is 17.1 Å². The van der Waals surface area contributed by atoms with Gasteiger partial charge in [0.05, 0.1) is 5.56 Å². The van der Waals surface area contributed by atoms with E-state index in [1.807, 2.05) is 13.0 Å². The number of hydrogen-bond acceptors (Lipinski definition) is 6. The summed E-state index contributed by atoms with van der Waals surface area (Å²) in [6.07, 6.45) is 3.31. The highest BCUT2D eigenvalue weighted by Gasteiger charge is 2.10. The fourth-order valence-electron chi connectivity index (χ4n) is 1.28. The highest BCUT2D eigenvalue weighted by molar-refractivity contribution is 7.99. The first-order valence-electron chi connectivity index (χ1n) is 5.11. The molecule has 7 heteroatoms. The summed E-state index contributed by atoms with van der Waals surface area (Å²) in [5, 5.41) is 12.9. The molecule has 6 nitrogen and oxygen atoms in total. The normalized spacial score (nSPS) is 11.5. The summed E-state index contributed by atoms with van der Waals surface area (Å²) >= 11 is 1.27. The van der Waals surface area contributed by atoms with E-state index in [4.69, 9.17) is 10.9 Å². The minimum absolute atomic E-state index is 0.0123. The maximum absolute atomic E-state index is 8.72. The van der Waals surface area contributed by atoms with E-state index in [2.05, 4.69) is 20.1 Å². The van der Waals surface area contributed by atoms with E-state index >= 15 is 0 Å². The van der Waals surface area contributed by atoms with Crippen molar-refractivity contribution in [3.8, 4) is 0 Å². The Labute approximate surface area is 108 Å². The third kappa shape index (κ3) is 2.75. The van der Waals surface area contributed by atoms with Crippen LogP contribution in [0.5, 0.6) is 0 Å². The molecule has 0 spiro atoms. The third-order valence-electron chi connectivity index (χ3n) is 2.12. The van der Waals surface area contributed by atoms with Gasteiger partial charge >= 0.3 is 0 Å². The number of oxime groups is 1. The van der Waals surface area contributed by atoms with Crippen LogP contribution in [0.4, 0.5) is 0 Å². The number of rotatable bonds is 3. The van der Waals surface area contributed by atoms with Crippen molar-refractivity contribution in [3.63, 3.8) is 0 Å². The van der Waals surface area contributed by atoms with Crippen molar-refractivity contribution >= 4 is 17.6 Å². The van der Waals surface area contributed by atoms with E-state index in [0.717, 1.165) is 5.69 Å². The van der Waals surface area contributed by atoms with Crippen molar-refractivity contribution in [1.29, 1.82) is 0 Å². The van der Waals surface area contributed by atoms with E-state index in [9.17, 15) is 0 Å². The van der Waals surface area contributed by atoms with Crippen molar-refractivity contribution in [2.24, 2.45) is 10.9 Å². The Hall–Kier alpha value is -2.15. The molecule has 2 aromatic heterocycles. The Balaban J connectivity index is 2.35. The third-order valence-corrected chi connectivity index (χ3v) is 3.01. The molecular weight excluding hydrogens is 250 g/mol. The standard InChI is InChI=1S/C11H11N5OS/c1-7-4-6-14-11(15-7)18-10-8(9(12)16-17)3-2-5-13-10/h2-6,17H,1H3,(H2,12,16). The van der Waals surface area contributed by atoms with Gasteiger partial charge in [0, 0.05) is 18.1 Å². The minimum Gasteiger partial charge on any atom is -0.409 e. The fraction of sp³-hybridized carbons (Fsp3) is 0.0909. The predicted molar refractivity (Wildman–Crippen MR) is 67.6 cm³/mol. The molecule has 0 aliphatic rings. The SMILES string of the molecule is Cc1ccnc(Sc2ncccc2C(N)=NO)n1. The van der Waals surface area contributed by atoms with Crippen molar-refractivity contribution in [2.75, 3.05) is 0 Å². The van der Waals surface area contributed by atoms with Crippen LogP contribution in [-0.2, 0) is 0 Å². The van der Waals surface area contributed by atoms with Gasteiger partial charge in [0.15, 0.2) is 11.0 Å². The van der Waals surface area contributed by atoms with E-state index < -0.39 is 0 Å². The molecule has 0 unspecified atom stereocenters. The molecule has 0 saturated heterocycles. The summed E-state index contributed by atoms with van der Waals surface area (Å²) in [6, 6.07) is 5.25. The summed E-state index contributed by atoms with van der Waals surface area (Å²) in [4.78, 5) is 12.6. The van der Waals surface area contributed by atoms with Gasteiger partial charge in [-0.3, -0.25) is 0 Å². The van der Waals surface area contributed by atoms with Crippen molar-refractivity contribution < 1.29 is 5.21 Å². The van der Waals surface area contributed by atoms with Crippen LogP contribution < -0.4 is 5.73 Å². The number of aromatic nitrogens is 3. The summed E-state index contributed by atoms with van der Waals surface area (Å²) in [7, 11) is 0. The first kappa shape index (κ1) is 12.3. The van der Waals surface area contributed by atoms with E-state index in [0.29, 0.717) is 15.7 Å². The molecule has 0 aliphatic heterocycles. The molecule has 92 valence electrons. The number of nitrogens with two attached hydrogens (primary N) is 1. The van der Waals surface area contributed by atoms with Crippen LogP contribution in [0, 0.1) is 6.92 Å². The van der Waals surface area contributed by atoms with Crippen LogP contribution in [0.25, 0.3) is 0 Å². The van der Waals surface area contributed by atoms with Gasteiger partial charge in [-0.1, -0.05) is 5.16 Å². The summed E-state index contributed by atoms with van der Waals surface area (Å²) < 4.78 is 0. The Morgan fingerprint density at radius 2 is 2.17 bits per heavy atom. The summed E-state index contributed by atoms with van der Waals surface area (Å²) in [5.74, 6) is 0.0123. The first-order valence-corrected chi connectivity index (χ1v) is 5.93. The molecule has 0 atom stereocenters. The predicted octanol–water partition coefficient (Wildman–Crippen LogP) is 1.43. The molecule has 18 heavy (non-hydrogen) atoms. The molecule has 2 heterocycles. The van der Waals surface area contributed by atoms with Crippen LogP contribution in [0.15, 0.2) is 45.9 Å². The Bertz CT molecular complexity index is 587. The van der Waals surface area contributed by atoms with Gasteiger partial charge in [-0.05, 0) is 36.9 Å². The quantitative estimate of drug-likeness (QED) is 0.285. The lowest BCUT2D eigenvalue weighted by Crippen LogP contribution is -2.14. The van der Waals surface area contributed by atoms with Gasteiger partial charge in [0.1, 0.15) is 5.03 Å². The van der Waals surface area contributed by atoms with Gasteiger partial charge in [0.2, 0.25) is 0 Å². The van der Waals surface area contributed by atoms with Crippen LogP contribution in [0.2, 0.25) is 0 Å². The molecule has 0 bridgehead atoms. The van der Waals surface area contributed by atoms with Crippen LogP contribution in [0.1, 0.15) is 11.3 Å². The second-order valence-electron chi connectivity index (χ2n) is 3.42. The average molecular weight is 261 g/mol. The van der Waals surface area contributed by atoms with Crippen molar-refractivity contribution in [3.05, 3.63) is 41.9 Å². The number of hydrogen-bond donors (Lipinski definition) is 2. The highest BCUT2D eigenvalue weighted by Crippen LogP contribution is 2.25. The monoisotopic (exact) mass is 261 g/mol. The van der Waals surface area contributed by atoms with E-state index in [1.54, 1.807) is 24.5 Å². The number of nitrogens with zero attached hydrogens (tertiary/aromatic N) is 4. The molecule has 0 saturated carbocycles. The van der Waals surface area contributed by atoms with Gasteiger partial charge in [-0.15, -0.1) is 0 Å². The minimum atomic E-state index is 0.0123. The van der Waals surface area contributed by atoms with Crippen molar-refractivity contribution in [1.82, 2.24) is 15.0 Å².